The second-order valence-electron chi connectivity index (χ2n) is 4.03. The Morgan fingerprint density at radius 2 is 1.85 bits per heavy atom. The van der Waals surface area contributed by atoms with Gasteiger partial charge in [-0.2, -0.15) is 0 Å². The highest BCUT2D eigenvalue weighted by Gasteiger charge is 2.08. The Morgan fingerprint density at radius 1 is 1.23 bits per heavy atom. The predicted molar refractivity (Wildman–Crippen MR) is 57.8 cm³/mol. The van der Waals surface area contributed by atoms with Crippen LogP contribution in [0.1, 0.15) is 20.3 Å². The molecule has 72 valence electrons. The second kappa shape index (κ2) is 4.28. The highest BCUT2D eigenvalue weighted by atomic mass is 14.9. The summed E-state index contributed by atoms with van der Waals surface area (Å²) in [5, 5.41) is 3.32. The van der Waals surface area contributed by atoms with Gasteiger partial charge in [-0.15, -0.1) is 0 Å². The number of hydrogen-bond donors (Lipinski definition) is 2. The van der Waals surface area contributed by atoms with E-state index in [1.54, 1.807) is 0 Å². The van der Waals surface area contributed by atoms with E-state index in [4.69, 9.17) is 5.73 Å². The first-order valence-electron chi connectivity index (χ1n) is 4.66. The normalized spacial score (nSPS) is 11.3. The van der Waals surface area contributed by atoms with Gasteiger partial charge in [-0.05, 0) is 32.4 Å². The van der Waals surface area contributed by atoms with Crippen molar-refractivity contribution >= 4 is 5.69 Å². The van der Waals surface area contributed by atoms with Gasteiger partial charge in [0.25, 0.3) is 0 Å². The molecule has 0 aliphatic heterocycles. The lowest BCUT2D eigenvalue weighted by molar-refractivity contribution is 0.491. The summed E-state index contributed by atoms with van der Waals surface area (Å²) in [5.74, 6) is 0. The zero-order valence-electron chi connectivity index (χ0n) is 8.38. The molecule has 0 heterocycles. The van der Waals surface area contributed by atoms with Crippen molar-refractivity contribution in [3.05, 3.63) is 30.3 Å². The predicted octanol–water partition coefficient (Wildman–Crippen LogP) is 2.23. The van der Waals surface area contributed by atoms with E-state index in [1.165, 1.54) is 0 Å². The molecule has 3 N–H and O–H groups in total. The average Bonchev–Trinajstić information content (AvgIpc) is 2.04. The Balaban J connectivity index is 2.29. The summed E-state index contributed by atoms with van der Waals surface area (Å²) >= 11 is 0. The first kappa shape index (κ1) is 10.1. The molecular formula is C11H18N2. The van der Waals surface area contributed by atoms with Gasteiger partial charge in [0.2, 0.25) is 0 Å². The highest BCUT2D eigenvalue weighted by Crippen LogP contribution is 2.07. The van der Waals surface area contributed by atoms with Crippen LogP contribution in [-0.2, 0) is 0 Å². The lowest BCUT2D eigenvalue weighted by Gasteiger charge is -2.18. The molecule has 0 spiro atoms. The van der Waals surface area contributed by atoms with Gasteiger partial charge in [-0.1, -0.05) is 18.2 Å². The molecule has 0 fully saturated rings. The number of para-hydroxylation sites is 1. The maximum absolute atomic E-state index is 5.86. The Kier molecular flexibility index (Phi) is 3.32. The third-order valence-electron chi connectivity index (χ3n) is 1.87. The second-order valence-corrected chi connectivity index (χ2v) is 4.03. The summed E-state index contributed by atoms with van der Waals surface area (Å²) in [6.07, 6.45) is 0.974. The van der Waals surface area contributed by atoms with E-state index in [0.717, 1.165) is 18.7 Å². The zero-order valence-corrected chi connectivity index (χ0v) is 8.38. The van der Waals surface area contributed by atoms with Crippen molar-refractivity contribution in [2.24, 2.45) is 5.73 Å². The van der Waals surface area contributed by atoms with E-state index < -0.39 is 0 Å². The van der Waals surface area contributed by atoms with Crippen molar-refractivity contribution in [3.63, 3.8) is 0 Å². The minimum atomic E-state index is -0.0816. The summed E-state index contributed by atoms with van der Waals surface area (Å²) in [6, 6.07) is 10.2. The van der Waals surface area contributed by atoms with Crippen LogP contribution in [0.2, 0.25) is 0 Å². The van der Waals surface area contributed by atoms with Crippen LogP contribution < -0.4 is 11.1 Å². The van der Waals surface area contributed by atoms with Gasteiger partial charge in [0.05, 0.1) is 0 Å². The number of benzene rings is 1. The van der Waals surface area contributed by atoms with Crippen molar-refractivity contribution in [1.29, 1.82) is 0 Å². The van der Waals surface area contributed by atoms with Crippen molar-refractivity contribution < 1.29 is 0 Å². The highest BCUT2D eigenvalue weighted by molar-refractivity contribution is 5.42. The molecule has 0 aromatic heterocycles. The van der Waals surface area contributed by atoms with Crippen LogP contribution in [-0.4, -0.2) is 12.1 Å². The molecule has 0 saturated heterocycles. The van der Waals surface area contributed by atoms with E-state index in [1.807, 2.05) is 32.0 Å². The monoisotopic (exact) mass is 178 g/mol. The fraction of sp³-hybridized carbons (Fsp3) is 0.455. The third kappa shape index (κ3) is 4.53. The number of nitrogens with one attached hydrogen (secondary N) is 1. The van der Waals surface area contributed by atoms with E-state index in [-0.39, 0.29) is 5.54 Å². The van der Waals surface area contributed by atoms with Crippen molar-refractivity contribution in [1.82, 2.24) is 0 Å². The summed E-state index contributed by atoms with van der Waals surface area (Å²) < 4.78 is 0. The molecule has 2 heteroatoms. The van der Waals surface area contributed by atoms with Crippen LogP contribution in [0.25, 0.3) is 0 Å². The molecule has 1 aromatic carbocycles. The number of nitrogens with two attached hydrogens (primary N) is 1. The van der Waals surface area contributed by atoms with Crippen molar-refractivity contribution in [2.45, 2.75) is 25.8 Å². The Hall–Kier alpha value is -1.02. The molecule has 2 nitrogen and oxygen atoms in total. The molecule has 1 rings (SSSR count). The largest absolute Gasteiger partial charge is 0.385 e. The van der Waals surface area contributed by atoms with Crippen LogP contribution >= 0.6 is 0 Å². The number of rotatable bonds is 4. The quantitative estimate of drug-likeness (QED) is 0.742. The topological polar surface area (TPSA) is 38.0 Å². The molecule has 0 atom stereocenters. The molecule has 0 aliphatic carbocycles. The number of anilines is 1. The summed E-state index contributed by atoms with van der Waals surface area (Å²) in [5.41, 5.74) is 6.94. The lowest BCUT2D eigenvalue weighted by Crippen LogP contribution is -2.34. The first-order valence-corrected chi connectivity index (χ1v) is 4.66. The van der Waals surface area contributed by atoms with E-state index in [0.29, 0.717) is 0 Å². The van der Waals surface area contributed by atoms with Gasteiger partial charge in [0.1, 0.15) is 0 Å². The number of hydrogen-bond acceptors (Lipinski definition) is 2. The standard InChI is InChI=1S/C11H18N2/c1-11(2,12)8-9-13-10-6-4-3-5-7-10/h3-7,13H,8-9,12H2,1-2H3. The Labute approximate surface area is 80.1 Å². The minimum Gasteiger partial charge on any atom is -0.385 e. The van der Waals surface area contributed by atoms with Crippen LogP contribution in [0.5, 0.6) is 0 Å². The SMILES string of the molecule is CC(C)(N)CCNc1ccccc1. The fourth-order valence-electron chi connectivity index (χ4n) is 1.09. The smallest absolute Gasteiger partial charge is 0.0340 e. The molecule has 1 aromatic rings. The summed E-state index contributed by atoms with van der Waals surface area (Å²) in [7, 11) is 0. The van der Waals surface area contributed by atoms with E-state index >= 15 is 0 Å². The van der Waals surface area contributed by atoms with Crippen LogP contribution in [0.15, 0.2) is 30.3 Å². The van der Waals surface area contributed by atoms with E-state index in [9.17, 15) is 0 Å². The van der Waals surface area contributed by atoms with Crippen molar-refractivity contribution in [2.75, 3.05) is 11.9 Å². The fourth-order valence-corrected chi connectivity index (χ4v) is 1.09. The maximum Gasteiger partial charge on any atom is 0.0340 e. The molecule has 0 radical (unpaired) electrons. The Morgan fingerprint density at radius 3 is 2.38 bits per heavy atom. The molecule has 0 aliphatic rings. The van der Waals surface area contributed by atoms with Crippen LogP contribution in [0.3, 0.4) is 0 Å². The zero-order chi connectivity index (χ0) is 9.73. The van der Waals surface area contributed by atoms with Crippen LogP contribution in [0, 0.1) is 0 Å². The third-order valence-corrected chi connectivity index (χ3v) is 1.87. The van der Waals surface area contributed by atoms with Gasteiger partial charge >= 0.3 is 0 Å². The molecule has 0 saturated carbocycles. The average molecular weight is 178 g/mol. The molecule has 0 bridgehead atoms. The van der Waals surface area contributed by atoms with Gasteiger partial charge < -0.3 is 11.1 Å². The molecule has 13 heavy (non-hydrogen) atoms. The summed E-state index contributed by atoms with van der Waals surface area (Å²) in [6.45, 7) is 5.01. The molecule has 0 unspecified atom stereocenters. The van der Waals surface area contributed by atoms with Gasteiger partial charge in [0.15, 0.2) is 0 Å². The summed E-state index contributed by atoms with van der Waals surface area (Å²) in [4.78, 5) is 0. The molecular weight excluding hydrogens is 160 g/mol. The first-order chi connectivity index (χ1) is 6.08. The molecule has 0 amide bonds. The lowest BCUT2D eigenvalue weighted by atomic mass is 10.0. The van der Waals surface area contributed by atoms with Gasteiger partial charge in [-0.25, -0.2) is 0 Å². The van der Waals surface area contributed by atoms with Crippen molar-refractivity contribution in [3.8, 4) is 0 Å². The minimum absolute atomic E-state index is 0.0816. The maximum atomic E-state index is 5.86. The van der Waals surface area contributed by atoms with E-state index in [2.05, 4.69) is 17.4 Å². The van der Waals surface area contributed by atoms with Crippen LogP contribution in [0.4, 0.5) is 5.69 Å². The van der Waals surface area contributed by atoms with Gasteiger partial charge in [0, 0.05) is 17.8 Å². The Bertz CT molecular complexity index is 236. The van der Waals surface area contributed by atoms with Gasteiger partial charge in [-0.3, -0.25) is 0 Å².